The molecule has 2 heterocycles. The molecule has 3 rings (SSSR count). The molecule has 0 bridgehead atoms. The molecule has 7 heteroatoms. The van der Waals surface area contributed by atoms with E-state index in [9.17, 15) is 8.42 Å². The average Bonchev–Trinajstić information content (AvgIpc) is 3.00. The molecule has 24 heavy (non-hydrogen) atoms. The van der Waals surface area contributed by atoms with Crippen molar-refractivity contribution in [2.75, 3.05) is 19.0 Å². The highest BCUT2D eigenvalue weighted by atomic mass is 32.2. The Labute approximate surface area is 145 Å². The van der Waals surface area contributed by atoms with Crippen molar-refractivity contribution in [3.8, 4) is 0 Å². The molecule has 1 N–H and O–H groups in total. The minimum atomic E-state index is -3.32. The maximum atomic E-state index is 12.8. The Kier molecular flexibility index (Phi) is 5.94. The second kappa shape index (κ2) is 7.97. The third kappa shape index (κ3) is 4.58. The van der Waals surface area contributed by atoms with Crippen LogP contribution >= 0.6 is 0 Å². The fraction of sp³-hybridized carbons (Fsp3) is 0.824. The van der Waals surface area contributed by atoms with Crippen LogP contribution in [0.1, 0.15) is 56.8 Å². The summed E-state index contributed by atoms with van der Waals surface area (Å²) >= 11 is 0. The highest BCUT2D eigenvalue weighted by Gasteiger charge is 2.32. The summed E-state index contributed by atoms with van der Waals surface area (Å²) in [5, 5.41) is 0. The Morgan fingerprint density at radius 1 is 1.25 bits per heavy atom. The van der Waals surface area contributed by atoms with Crippen LogP contribution in [-0.2, 0) is 21.8 Å². The molecule has 2 fully saturated rings. The lowest BCUT2D eigenvalue weighted by molar-refractivity contribution is 0.0551. The third-order valence-electron chi connectivity index (χ3n) is 5.36. The Hall–Kier alpha value is -0.920. The maximum Gasteiger partial charge on any atom is 0.212 e. The number of hydrogen-bond acceptors (Lipinski definition) is 4. The number of ether oxygens (including phenoxy) is 1. The first kappa shape index (κ1) is 17.9. The van der Waals surface area contributed by atoms with Gasteiger partial charge in [-0.2, -0.15) is 0 Å². The van der Waals surface area contributed by atoms with Crippen molar-refractivity contribution in [1.82, 2.24) is 14.3 Å². The van der Waals surface area contributed by atoms with E-state index in [4.69, 9.17) is 4.74 Å². The Morgan fingerprint density at radius 2 is 1.96 bits per heavy atom. The minimum Gasteiger partial charge on any atom is -0.381 e. The normalized spacial score (nSPS) is 22.5. The highest BCUT2D eigenvalue weighted by molar-refractivity contribution is 7.89. The molecule has 1 unspecified atom stereocenters. The topological polar surface area (TPSA) is 73.2 Å². The number of hydrogen-bond donors (Lipinski definition) is 1. The fourth-order valence-corrected chi connectivity index (χ4v) is 5.73. The van der Waals surface area contributed by atoms with Gasteiger partial charge in [-0.15, -0.1) is 0 Å². The monoisotopic (exact) mass is 355 g/mol. The smallest absolute Gasteiger partial charge is 0.212 e. The number of sulfonamides is 1. The molecule has 1 aromatic heterocycles. The van der Waals surface area contributed by atoms with E-state index in [0.29, 0.717) is 19.1 Å². The summed E-state index contributed by atoms with van der Waals surface area (Å²) in [6, 6.07) is -0.262. The number of rotatable bonds is 6. The average molecular weight is 356 g/mol. The molecule has 1 aliphatic carbocycles. The zero-order valence-corrected chi connectivity index (χ0v) is 15.3. The lowest BCUT2D eigenvalue weighted by Gasteiger charge is -2.31. The van der Waals surface area contributed by atoms with Crippen LogP contribution in [0.4, 0.5) is 0 Å². The van der Waals surface area contributed by atoms with Crippen LogP contribution in [0.5, 0.6) is 0 Å². The van der Waals surface area contributed by atoms with Crippen molar-refractivity contribution in [2.24, 2.45) is 18.9 Å². The van der Waals surface area contributed by atoms with E-state index in [2.05, 4.69) is 9.71 Å². The molecule has 1 aromatic rings. The first-order valence-electron chi connectivity index (χ1n) is 9.10. The van der Waals surface area contributed by atoms with E-state index in [1.807, 2.05) is 17.8 Å². The van der Waals surface area contributed by atoms with Crippen LogP contribution < -0.4 is 4.72 Å². The molecule has 1 saturated carbocycles. The minimum absolute atomic E-state index is 0.237. The van der Waals surface area contributed by atoms with Gasteiger partial charge in [-0.3, -0.25) is 0 Å². The molecule has 0 aromatic carbocycles. The fourth-order valence-electron chi connectivity index (χ4n) is 3.99. The first-order valence-corrected chi connectivity index (χ1v) is 10.8. The second-order valence-electron chi connectivity index (χ2n) is 7.23. The van der Waals surface area contributed by atoms with Gasteiger partial charge in [0.05, 0.1) is 11.8 Å². The molecule has 2 aliphatic rings. The second-order valence-corrected chi connectivity index (χ2v) is 9.03. The van der Waals surface area contributed by atoms with Crippen LogP contribution in [0.25, 0.3) is 0 Å². The molecular weight excluding hydrogens is 326 g/mol. The number of nitrogens with one attached hydrogen (secondary N) is 1. The Morgan fingerprint density at radius 3 is 2.58 bits per heavy atom. The van der Waals surface area contributed by atoms with E-state index in [1.54, 1.807) is 6.20 Å². The van der Waals surface area contributed by atoms with E-state index in [0.717, 1.165) is 44.3 Å². The number of aromatic nitrogens is 2. The van der Waals surface area contributed by atoms with Crippen LogP contribution in [0, 0.1) is 11.8 Å². The molecular formula is C17H29N3O3S. The van der Waals surface area contributed by atoms with Crippen molar-refractivity contribution in [3.05, 3.63) is 18.2 Å². The summed E-state index contributed by atoms with van der Waals surface area (Å²) in [4.78, 5) is 4.42. The van der Waals surface area contributed by atoms with Crippen molar-refractivity contribution >= 4 is 10.0 Å². The molecule has 1 saturated heterocycles. The summed E-state index contributed by atoms with van der Waals surface area (Å²) in [6.07, 6.45) is 10.9. The summed E-state index contributed by atoms with van der Waals surface area (Å²) < 4.78 is 35.9. The van der Waals surface area contributed by atoms with Gasteiger partial charge in [0, 0.05) is 32.7 Å². The molecule has 136 valence electrons. The predicted molar refractivity (Wildman–Crippen MR) is 93.0 cm³/mol. The molecule has 1 atom stereocenters. The van der Waals surface area contributed by atoms with Crippen LogP contribution in [-0.4, -0.2) is 36.9 Å². The first-order chi connectivity index (χ1) is 11.6. The molecule has 0 radical (unpaired) electrons. The summed E-state index contributed by atoms with van der Waals surface area (Å²) in [7, 11) is -1.40. The molecule has 0 amide bonds. The summed E-state index contributed by atoms with van der Waals surface area (Å²) in [6.45, 7) is 1.38. The largest absolute Gasteiger partial charge is 0.381 e. The molecule has 6 nitrogen and oxygen atoms in total. The van der Waals surface area contributed by atoms with Crippen molar-refractivity contribution in [1.29, 1.82) is 0 Å². The van der Waals surface area contributed by atoms with E-state index < -0.39 is 10.0 Å². The number of nitrogens with zero attached hydrogens (tertiary/aromatic N) is 2. The zero-order chi connectivity index (χ0) is 17.0. The lowest BCUT2D eigenvalue weighted by atomic mass is 9.91. The number of aryl methyl sites for hydroxylation is 1. The maximum absolute atomic E-state index is 12.8. The van der Waals surface area contributed by atoms with E-state index in [1.165, 1.54) is 6.42 Å². The van der Waals surface area contributed by atoms with Crippen molar-refractivity contribution in [3.63, 3.8) is 0 Å². The number of imidazole rings is 1. The van der Waals surface area contributed by atoms with Crippen LogP contribution in [0.2, 0.25) is 0 Å². The van der Waals surface area contributed by atoms with Gasteiger partial charge in [0.2, 0.25) is 10.0 Å². The van der Waals surface area contributed by atoms with Crippen molar-refractivity contribution < 1.29 is 13.2 Å². The van der Waals surface area contributed by atoms with Crippen molar-refractivity contribution in [2.45, 2.75) is 51.0 Å². The van der Waals surface area contributed by atoms with Gasteiger partial charge < -0.3 is 9.30 Å². The van der Waals surface area contributed by atoms with Gasteiger partial charge in [0.25, 0.3) is 0 Å². The molecule has 0 spiro atoms. The van der Waals surface area contributed by atoms with E-state index >= 15 is 0 Å². The SMILES string of the molecule is Cn1ccnc1C(NS(=O)(=O)CC1CCCCC1)C1CCOCC1. The Bertz CT molecular complexity index is 617. The van der Waals surface area contributed by atoms with Crippen LogP contribution in [0.3, 0.4) is 0 Å². The Balaban J connectivity index is 1.73. The summed E-state index contributed by atoms with van der Waals surface area (Å²) in [5.41, 5.74) is 0. The van der Waals surface area contributed by atoms with Gasteiger partial charge >= 0.3 is 0 Å². The van der Waals surface area contributed by atoms with E-state index in [-0.39, 0.29) is 17.7 Å². The standard InChI is InChI=1S/C17H29N3O3S/c1-20-10-9-18-17(20)16(15-7-11-23-12-8-15)19-24(21,22)13-14-5-3-2-4-6-14/h9-10,14-16,19H,2-8,11-13H2,1H3. The van der Waals surface area contributed by atoms with Gasteiger partial charge in [-0.25, -0.2) is 18.1 Å². The third-order valence-corrected chi connectivity index (χ3v) is 6.88. The summed E-state index contributed by atoms with van der Waals surface area (Å²) in [5.74, 6) is 1.58. The zero-order valence-electron chi connectivity index (χ0n) is 14.5. The highest BCUT2D eigenvalue weighted by Crippen LogP contribution is 2.31. The van der Waals surface area contributed by atoms with Gasteiger partial charge in [-0.1, -0.05) is 19.3 Å². The predicted octanol–water partition coefficient (Wildman–Crippen LogP) is 2.39. The van der Waals surface area contributed by atoms with Crippen LogP contribution in [0.15, 0.2) is 12.4 Å². The quantitative estimate of drug-likeness (QED) is 0.850. The van der Waals surface area contributed by atoms with Gasteiger partial charge in [-0.05, 0) is 37.5 Å². The van der Waals surface area contributed by atoms with Gasteiger partial charge in [0.15, 0.2) is 0 Å². The lowest BCUT2D eigenvalue weighted by Crippen LogP contribution is -2.39. The van der Waals surface area contributed by atoms with Gasteiger partial charge in [0.1, 0.15) is 5.82 Å². The molecule has 1 aliphatic heterocycles.